The topological polar surface area (TPSA) is 62.7 Å². The molecule has 4 rings (SSSR count). The van der Waals surface area contributed by atoms with Crippen molar-refractivity contribution in [3.63, 3.8) is 0 Å². The van der Waals surface area contributed by atoms with Gasteiger partial charge < -0.3 is 14.5 Å². The molecule has 28 heavy (non-hydrogen) atoms. The average molecular weight is 379 g/mol. The van der Waals surface area contributed by atoms with Gasteiger partial charge in [0.2, 0.25) is 5.91 Å². The van der Waals surface area contributed by atoms with E-state index < -0.39 is 0 Å². The van der Waals surface area contributed by atoms with Crippen LogP contribution in [0.1, 0.15) is 41.6 Å². The standard InChI is InChI=1S/C22H25N3O3/c26-21-9-3-11-25(21)19-7-1-6-18(13-19)22(27)24(16-20-8-4-12-28-20)15-17-5-2-10-23-14-17/h1-2,5-7,10,13-14,20H,3-4,8-9,11-12,15-16H2. The lowest BCUT2D eigenvalue weighted by molar-refractivity contribution is -0.117. The summed E-state index contributed by atoms with van der Waals surface area (Å²) in [5, 5.41) is 0. The Morgan fingerprint density at radius 3 is 2.89 bits per heavy atom. The van der Waals surface area contributed by atoms with Gasteiger partial charge in [0, 0.05) is 56.3 Å². The number of anilines is 1. The first-order valence-corrected chi connectivity index (χ1v) is 9.91. The van der Waals surface area contributed by atoms with E-state index in [1.807, 2.05) is 41.3 Å². The third kappa shape index (κ3) is 4.22. The van der Waals surface area contributed by atoms with Crippen LogP contribution in [0.15, 0.2) is 48.8 Å². The molecule has 0 spiro atoms. The Balaban J connectivity index is 1.56. The highest BCUT2D eigenvalue weighted by atomic mass is 16.5. The monoisotopic (exact) mass is 379 g/mol. The molecule has 6 heteroatoms. The van der Waals surface area contributed by atoms with Gasteiger partial charge in [-0.25, -0.2) is 0 Å². The Hall–Kier alpha value is -2.73. The minimum Gasteiger partial charge on any atom is -0.376 e. The zero-order valence-corrected chi connectivity index (χ0v) is 15.9. The Morgan fingerprint density at radius 1 is 1.25 bits per heavy atom. The van der Waals surface area contributed by atoms with E-state index in [4.69, 9.17) is 4.74 Å². The zero-order valence-electron chi connectivity index (χ0n) is 15.9. The van der Waals surface area contributed by atoms with Gasteiger partial charge in [-0.2, -0.15) is 0 Å². The van der Waals surface area contributed by atoms with Gasteiger partial charge in [-0.3, -0.25) is 14.6 Å². The Bertz CT molecular complexity index is 834. The van der Waals surface area contributed by atoms with Gasteiger partial charge in [-0.15, -0.1) is 0 Å². The molecule has 0 aliphatic carbocycles. The van der Waals surface area contributed by atoms with Crippen LogP contribution in [0.5, 0.6) is 0 Å². The van der Waals surface area contributed by atoms with E-state index in [-0.39, 0.29) is 17.9 Å². The second-order valence-corrected chi connectivity index (χ2v) is 7.38. The van der Waals surface area contributed by atoms with Gasteiger partial charge in [0.05, 0.1) is 6.10 Å². The molecule has 2 aliphatic rings. The molecule has 1 unspecified atom stereocenters. The molecule has 1 aromatic heterocycles. The predicted octanol–water partition coefficient (Wildman–Crippen LogP) is 3.03. The number of benzene rings is 1. The van der Waals surface area contributed by atoms with E-state index in [0.29, 0.717) is 31.6 Å². The highest BCUT2D eigenvalue weighted by Crippen LogP contribution is 2.24. The Labute approximate surface area is 165 Å². The number of amides is 2. The third-order valence-corrected chi connectivity index (χ3v) is 5.31. The van der Waals surface area contributed by atoms with Crippen LogP contribution in [0.3, 0.4) is 0 Å². The van der Waals surface area contributed by atoms with E-state index in [2.05, 4.69) is 4.98 Å². The van der Waals surface area contributed by atoms with Gasteiger partial charge in [-0.05, 0) is 49.1 Å². The summed E-state index contributed by atoms with van der Waals surface area (Å²) in [5.74, 6) is 0.0732. The number of aromatic nitrogens is 1. The normalized spacial score (nSPS) is 19.2. The van der Waals surface area contributed by atoms with Crippen LogP contribution in [0.2, 0.25) is 0 Å². The summed E-state index contributed by atoms with van der Waals surface area (Å²) < 4.78 is 5.76. The number of pyridine rings is 1. The molecule has 0 saturated carbocycles. The van der Waals surface area contributed by atoms with Crippen molar-refractivity contribution in [3.8, 4) is 0 Å². The maximum absolute atomic E-state index is 13.3. The van der Waals surface area contributed by atoms with Crippen molar-refractivity contribution in [3.05, 3.63) is 59.9 Å². The van der Waals surface area contributed by atoms with Crippen LogP contribution in [-0.4, -0.2) is 47.5 Å². The van der Waals surface area contributed by atoms with Crippen molar-refractivity contribution in [2.24, 2.45) is 0 Å². The number of rotatable bonds is 6. The van der Waals surface area contributed by atoms with Crippen molar-refractivity contribution in [2.75, 3.05) is 24.6 Å². The molecule has 2 aromatic rings. The molecule has 3 heterocycles. The van der Waals surface area contributed by atoms with Gasteiger partial charge in [0.25, 0.3) is 5.91 Å². The Kier molecular flexibility index (Phi) is 5.67. The minimum absolute atomic E-state index is 0.0483. The quantitative estimate of drug-likeness (QED) is 0.774. The molecule has 1 aromatic carbocycles. The highest BCUT2D eigenvalue weighted by molar-refractivity contribution is 5.99. The number of carbonyl (C=O) groups is 2. The SMILES string of the molecule is O=C(c1cccc(N2CCCC2=O)c1)N(Cc1cccnc1)CC1CCCO1. The molecule has 2 fully saturated rings. The van der Waals surface area contributed by atoms with Crippen LogP contribution >= 0.6 is 0 Å². The summed E-state index contributed by atoms with van der Waals surface area (Å²) in [6.45, 7) is 2.51. The number of hydrogen-bond donors (Lipinski definition) is 0. The number of nitrogens with zero attached hydrogens (tertiary/aromatic N) is 3. The minimum atomic E-state index is -0.0483. The summed E-state index contributed by atoms with van der Waals surface area (Å²) in [7, 11) is 0. The van der Waals surface area contributed by atoms with E-state index in [0.717, 1.165) is 37.1 Å². The van der Waals surface area contributed by atoms with Crippen molar-refractivity contribution in [2.45, 2.75) is 38.3 Å². The molecule has 6 nitrogen and oxygen atoms in total. The third-order valence-electron chi connectivity index (χ3n) is 5.31. The lowest BCUT2D eigenvalue weighted by Gasteiger charge is -2.26. The lowest BCUT2D eigenvalue weighted by Crippen LogP contribution is -2.37. The Morgan fingerprint density at radius 2 is 2.18 bits per heavy atom. The van der Waals surface area contributed by atoms with E-state index in [1.165, 1.54) is 0 Å². The number of carbonyl (C=O) groups excluding carboxylic acids is 2. The predicted molar refractivity (Wildman–Crippen MR) is 106 cm³/mol. The van der Waals surface area contributed by atoms with Crippen molar-refractivity contribution >= 4 is 17.5 Å². The first kappa shape index (κ1) is 18.6. The van der Waals surface area contributed by atoms with E-state index in [9.17, 15) is 9.59 Å². The first-order chi connectivity index (χ1) is 13.7. The fourth-order valence-corrected chi connectivity index (χ4v) is 3.88. The fraction of sp³-hybridized carbons (Fsp3) is 0.409. The first-order valence-electron chi connectivity index (χ1n) is 9.91. The van der Waals surface area contributed by atoms with Crippen LogP contribution in [0.25, 0.3) is 0 Å². The summed E-state index contributed by atoms with van der Waals surface area (Å²) in [5.41, 5.74) is 2.38. The number of hydrogen-bond acceptors (Lipinski definition) is 4. The van der Waals surface area contributed by atoms with E-state index in [1.54, 1.807) is 17.3 Å². The van der Waals surface area contributed by atoms with Crippen LogP contribution in [0.4, 0.5) is 5.69 Å². The summed E-state index contributed by atoms with van der Waals surface area (Å²) in [6, 6.07) is 11.2. The summed E-state index contributed by atoms with van der Waals surface area (Å²) in [6.07, 6.45) is 7.03. The van der Waals surface area contributed by atoms with Crippen molar-refractivity contribution in [1.29, 1.82) is 0 Å². The summed E-state index contributed by atoms with van der Waals surface area (Å²) in [4.78, 5) is 33.2. The zero-order chi connectivity index (χ0) is 19.3. The summed E-state index contributed by atoms with van der Waals surface area (Å²) >= 11 is 0. The molecular weight excluding hydrogens is 354 g/mol. The molecule has 0 radical (unpaired) electrons. The molecule has 0 bridgehead atoms. The molecule has 146 valence electrons. The van der Waals surface area contributed by atoms with Gasteiger partial charge in [0.1, 0.15) is 0 Å². The maximum atomic E-state index is 13.3. The lowest BCUT2D eigenvalue weighted by atomic mass is 10.1. The van der Waals surface area contributed by atoms with Gasteiger partial charge in [0.15, 0.2) is 0 Å². The fourth-order valence-electron chi connectivity index (χ4n) is 3.88. The molecule has 1 atom stereocenters. The van der Waals surface area contributed by atoms with Gasteiger partial charge >= 0.3 is 0 Å². The second kappa shape index (κ2) is 8.52. The molecule has 2 saturated heterocycles. The molecule has 0 N–H and O–H groups in total. The van der Waals surface area contributed by atoms with Gasteiger partial charge in [-0.1, -0.05) is 12.1 Å². The van der Waals surface area contributed by atoms with Crippen molar-refractivity contribution < 1.29 is 14.3 Å². The van der Waals surface area contributed by atoms with E-state index >= 15 is 0 Å². The second-order valence-electron chi connectivity index (χ2n) is 7.38. The smallest absolute Gasteiger partial charge is 0.254 e. The van der Waals surface area contributed by atoms with Crippen molar-refractivity contribution in [1.82, 2.24) is 9.88 Å². The maximum Gasteiger partial charge on any atom is 0.254 e. The molecule has 2 aliphatic heterocycles. The van der Waals surface area contributed by atoms with Crippen LogP contribution < -0.4 is 4.90 Å². The largest absolute Gasteiger partial charge is 0.376 e. The van der Waals surface area contributed by atoms with Crippen LogP contribution in [-0.2, 0) is 16.1 Å². The number of ether oxygens (including phenoxy) is 1. The highest BCUT2D eigenvalue weighted by Gasteiger charge is 2.26. The molecular formula is C22H25N3O3. The van der Waals surface area contributed by atoms with Crippen LogP contribution in [0, 0.1) is 0 Å². The molecule has 2 amide bonds. The average Bonchev–Trinajstić information content (AvgIpc) is 3.39.